The fourth-order valence-corrected chi connectivity index (χ4v) is 0.645. The Labute approximate surface area is 36.9 Å². The third kappa shape index (κ3) is 0.651. The molecule has 28 valence electrons. The molecule has 1 heterocycles. The number of nitrogens with zero attached hydrogens (tertiary/aromatic N) is 1. The molecule has 0 fully saturated rings. The summed E-state index contributed by atoms with van der Waals surface area (Å²) in [7, 11) is 0. The summed E-state index contributed by atoms with van der Waals surface area (Å²) in [6.07, 6.45) is 1.78. The summed E-state index contributed by atoms with van der Waals surface area (Å²) in [6, 6.07) is 0. The second kappa shape index (κ2) is 1.45. The Morgan fingerprint density at radius 2 is 3.20 bits per heavy atom. The number of hydrogen-bond acceptors (Lipinski definition) is 2. The first-order chi connectivity index (χ1) is 2.89. The van der Waals surface area contributed by atoms with Gasteiger partial charge in [0.05, 0.1) is 7.22 Å². The van der Waals surface area contributed by atoms with Gasteiger partial charge in [-0.15, -0.1) is 11.8 Å². The van der Waals surface area contributed by atoms with Crippen LogP contribution in [0.2, 0.25) is 0 Å². The molecule has 0 saturated heterocycles. The van der Waals surface area contributed by atoms with E-state index < -0.39 is 0 Å². The highest BCUT2D eigenvalue weighted by Crippen LogP contribution is 2.02. The molecule has 0 amide bonds. The monoisotopic (exact) mass is 88.0 g/mol. The topological polar surface area (TPSA) is 12.4 Å². The molecule has 1 rings (SSSR count). The Morgan fingerprint density at radius 3 is 3.40 bits per heavy atom. The smallest absolute Gasteiger partial charge is 0.0844 e. The van der Waals surface area contributed by atoms with Gasteiger partial charge in [-0.3, -0.25) is 4.99 Å². The van der Waals surface area contributed by atoms with Crippen LogP contribution in [0.4, 0.5) is 0 Å². The maximum absolute atomic E-state index is 6.90. The molecule has 5 heavy (non-hydrogen) atoms. The summed E-state index contributed by atoms with van der Waals surface area (Å²) >= 11 is 1.54. The van der Waals surface area contributed by atoms with Gasteiger partial charge >= 0.3 is 0 Å². The zero-order valence-corrected chi connectivity index (χ0v) is 3.53. The minimum Gasteiger partial charge on any atom is -0.286 e. The Bertz CT molecular complexity index is 73.2. The summed E-state index contributed by atoms with van der Waals surface area (Å²) in [5.74, 6) is 0.707. The maximum atomic E-state index is 6.90. The van der Waals surface area contributed by atoms with Crippen molar-refractivity contribution >= 4 is 18.0 Å². The van der Waals surface area contributed by atoms with Crippen molar-refractivity contribution in [2.24, 2.45) is 4.99 Å². The van der Waals surface area contributed by atoms with Gasteiger partial charge in [-0.1, -0.05) is 0 Å². The molecule has 0 aromatic carbocycles. The maximum Gasteiger partial charge on any atom is 0.0844 e. The third-order valence-corrected chi connectivity index (χ3v) is 1.02. The lowest BCUT2D eigenvalue weighted by Crippen LogP contribution is -1.61. The normalized spacial score (nSPS) is 38.4. The molecule has 0 spiro atoms. The highest BCUT2D eigenvalue weighted by Gasteiger charge is 1.85. The van der Waals surface area contributed by atoms with E-state index in [1.165, 1.54) is 0 Å². The van der Waals surface area contributed by atoms with Gasteiger partial charge in [-0.25, -0.2) is 0 Å². The van der Waals surface area contributed by atoms with Crippen LogP contribution in [-0.4, -0.2) is 17.8 Å². The highest BCUT2D eigenvalue weighted by atomic mass is 32.2. The van der Waals surface area contributed by atoms with Gasteiger partial charge in [0.15, 0.2) is 0 Å². The van der Waals surface area contributed by atoms with Gasteiger partial charge in [-0.05, 0) is 0 Å². The largest absolute Gasteiger partial charge is 0.286 e. The lowest BCUT2D eigenvalue weighted by molar-refractivity contribution is 1.43. The minimum absolute atomic E-state index is 0.218. The Hall–Kier alpha value is 0.0200. The minimum atomic E-state index is -0.218. The fraction of sp³-hybridized carbons (Fsp3) is 0.667. The molecule has 1 atom stereocenters. The van der Waals surface area contributed by atoms with Crippen LogP contribution in [0.5, 0.6) is 0 Å². The number of aliphatic imine (C=N–C) groups is 1. The fourth-order valence-electron chi connectivity index (χ4n) is 0.215. The first-order valence-electron chi connectivity index (χ1n) is 2.03. The summed E-state index contributed by atoms with van der Waals surface area (Å²) in [6.45, 7) is 0. The molecule has 2 heteroatoms. The van der Waals surface area contributed by atoms with Crippen LogP contribution < -0.4 is 0 Å². The second-order valence-electron chi connectivity index (χ2n) is 0.770. The van der Waals surface area contributed by atoms with E-state index in [0.29, 0.717) is 0 Å². The van der Waals surface area contributed by atoms with E-state index in [0.717, 1.165) is 5.75 Å². The van der Waals surface area contributed by atoms with Crippen LogP contribution in [-0.2, 0) is 0 Å². The van der Waals surface area contributed by atoms with Crippen molar-refractivity contribution in [1.82, 2.24) is 0 Å². The summed E-state index contributed by atoms with van der Waals surface area (Å²) < 4.78 is 6.90. The average Bonchev–Trinajstić information content (AvgIpc) is 1.86. The first-order valence-corrected chi connectivity index (χ1v) is 2.50. The van der Waals surface area contributed by atoms with Crippen LogP contribution in [0.25, 0.3) is 0 Å². The predicted octanol–water partition coefficient (Wildman–Crippen LogP) is 0.762. The van der Waals surface area contributed by atoms with E-state index in [-0.39, 0.29) is 5.85 Å². The van der Waals surface area contributed by atoms with Crippen LogP contribution in [0.3, 0.4) is 0 Å². The molecule has 1 unspecified atom stereocenters. The van der Waals surface area contributed by atoms with Gasteiger partial charge in [0.25, 0.3) is 0 Å². The quantitative estimate of drug-likeness (QED) is 0.426. The molecule has 0 aromatic heterocycles. The molecule has 0 bridgehead atoms. The zero-order valence-electron chi connectivity index (χ0n) is 3.72. The number of thioether (sulfide) groups is 1. The zero-order chi connectivity index (χ0) is 4.41. The first kappa shape index (κ1) is 2.24. The molecule has 1 aliphatic rings. The van der Waals surface area contributed by atoms with Crippen molar-refractivity contribution in [1.29, 1.82) is 0 Å². The van der Waals surface area contributed by atoms with Gasteiger partial charge in [0, 0.05) is 12.0 Å². The Balaban J connectivity index is 2.38. The van der Waals surface area contributed by atoms with E-state index in [1.54, 1.807) is 18.0 Å². The lowest BCUT2D eigenvalue weighted by atomic mass is 10.9. The molecule has 0 aliphatic carbocycles. The predicted molar refractivity (Wildman–Crippen MR) is 25.8 cm³/mol. The Kier molecular flexibility index (Phi) is 0.651. The van der Waals surface area contributed by atoms with E-state index in [1.807, 2.05) is 0 Å². The van der Waals surface area contributed by atoms with E-state index >= 15 is 0 Å². The molecule has 1 nitrogen and oxygen atoms in total. The highest BCUT2D eigenvalue weighted by molar-refractivity contribution is 8.00. The van der Waals surface area contributed by atoms with Crippen molar-refractivity contribution in [3.8, 4) is 0 Å². The summed E-state index contributed by atoms with van der Waals surface area (Å²) in [5.41, 5.74) is 0. The van der Waals surface area contributed by atoms with Crippen molar-refractivity contribution in [2.45, 2.75) is 0 Å². The van der Waals surface area contributed by atoms with E-state index in [2.05, 4.69) is 4.99 Å². The standard InChI is InChI=1S/C3H5NS/c1-2-5-3-4-1/h1H,2-3H2/i3D. The van der Waals surface area contributed by atoms with Crippen LogP contribution in [0.1, 0.15) is 1.37 Å². The van der Waals surface area contributed by atoms with Gasteiger partial charge in [0.1, 0.15) is 0 Å². The second-order valence-corrected chi connectivity index (χ2v) is 1.65. The molecule has 0 saturated carbocycles. The summed E-state index contributed by atoms with van der Waals surface area (Å²) in [4.78, 5) is 3.74. The van der Waals surface area contributed by atoms with Crippen molar-refractivity contribution in [3.05, 3.63) is 0 Å². The lowest BCUT2D eigenvalue weighted by Gasteiger charge is -1.68. The molecular weight excluding hydrogens is 82.1 g/mol. The van der Waals surface area contributed by atoms with E-state index in [9.17, 15) is 0 Å². The molecule has 0 aromatic rings. The van der Waals surface area contributed by atoms with Crippen molar-refractivity contribution < 1.29 is 1.37 Å². The van der Waals surface area contributed by atoms with Crippen LogP contribution in [0.15, 0.2) is 4.99 Å². The third-order valence-electron chi connectivity index (χ3n) is 0.412. The van der Waals surface area contributed by atoms with Crippen molar-refractivity contribution in [2.75, 3.05) is 11.6 Å². The molecule has 0 N–H and O–H groups in total. The van der Waals surface area contributed by atoms with Gasteiger partial charge < -0.3 is 0 Å². The summed E-state index contributed by atoms with van der Waals surface area (Å²) in [5, 5.41) is 0. The van der Waals surface area contributed by atoms with E-state index in [4.69, 9.17) is 1.37 Å². The van der Waals surface area contributed by atoms with Crippen molar-refractivity contribution in [3.63, 3.8) is 0 Å². The molecular formula is C3H5NS. The SMILES string of the molecule is [2H]C1N=CCS1. The molecule has 1 aliphatic heterocycles. The van der Waals surface area contributed by atoms with Crippen LogP contribution in [0, 0.1) is 0 Å². The number of rotatable bonds is 0. The van der Waals surface area contributed by atoms with Gasteiger partial charge in [0.2, 0.25) is 0 Å². The van der Waals surface area contributed by atoms with Crippen LogP contribution >= 0.6 is 11.8 Å². The average molecular weight is 88.2 g/mol. The molecule has 0 radical (unpaired) electrons. The number of hydrogen-bond donors (Lipinski definition) is 0. The van der Waals surface area contributed by atoms with Gasteiger partial charge in [-0.2, -0.15) is 0 Å². The Morgan fingerprint density at radius 1 is 2.20 bits per heavy atom.